The molecule has 0 aliphatic carbocycles. The van der Waals surface area contributed by atoms with Gasteiger partial charge in [-0.3, -0.25) is 0 Å². The minimum absolute atomic E-state index is 0.678. The van der Waals surface area contributed by atoms with Crippen LogP contribution in [0.15, 0.2) is 30.3 Å². The third-order valence-electron chi connectivity index (χ3n) is 5.41. The number of hydrogen-bond acceptors (Lipinski definition) is 2. The lowest BCUT2D eigenvalue weighted by Crippen LogP contribution is -2.49. The quantitative estimate of drug-likeness (QED) is 0.885. The Morgan fingerprint density at radius 3 is 2.45 bits per heavy atom. The van der Waals surface area contributed by atoms with E-state index in [0.717, 1.165) is 18.1 Å². The Morgan fingerprint density at radius 2 is 1.80 bits per heavy atom. The molecular weight excluding hydrogens is 244 g/mol. The molecule has 1 aromatic carbocycles. The average molecular weight is 272 g/mol. The van der Waals surface area contributed by atoms with Crippen LogP contribution in [0.25, 0.3) is 0 Å². The number of nitrogens with zero attached hydrogens (tertiary/aromatic N) is 1. The number of benzene rings is 1. The molecule has 2 saturated heterocycles. The zero-order valence-electron chi connectivity index (χ0n) is 12.9. The van der Waals surface area contributed by atoms with E-state index in [9.17, 15) is 0 Å². The van der Waals surface area contributed by atoms with Gasteiger partial charge in [0.2, 0.25) is 0 Å². The van der Waals surface area contributed by atoms with Gasteiger partial charge in [-0.05, 0) is 58.1 Å². The van der Waals surface area contributed by atoms with E-state index >= 15 is 0 Å². The Morgan fingerprint density at radius 1 is 1.15 bits per heavy atom. The first-order valence-corrected chi connectivity index (χ1v) is 8.24. The van der Waals surface area contributed by atoms with E-state index in [1.165, 1.54) is 44.1 Å². The Hall–Kier alpha value is -0.860. The molecule has 3 rings (SSSR count). The summed E-state index contributed by atoms with van der Waals surface area (Å²) in [6, 6.07) is 13.9. The van der Waals surface area contributed by atoms with Crippen molar-refractivity contribution in [3.63, 3.8) is 0 Å². The maximum atomic E-state index is 3.75. The number of fused-ring (bicyclic) bond motifs is 2. The Labute approximate surface area is 123 Å². The van der Waals surface area contributed by atoms with E-state index in [0.29, 0.717) is 6.04 Å². The monoisotopic (exact) mass is 272 g/mol. The Kier molecular flexibility index (Phi) is 4.42. The molecule has 2 aliphatic rings. The molecule has 0 saturated carbocycles. The molecule has 2 heteroatoms. The van der Waals surface area contributed by atoms with Crippen LogP contribution < -0.4 is 5.32 Å². The van der Waals surface area contributed by atoms with Crippen molar-refractivity contribution in [2.75, 3.05) is 7.05 Å². The first-order chi connectivity index (χ1) is 9.72. The summed E-state index contributed by atoms with van der Waals surface area (Å²) in [5, 5.41) is 3.75. The molecule has 3 unspecified atom stereocenters. The summed E-state index contributed by atoms with van der Waals surface area (Å²) in [6.45, 7) is 2.40. The third-order valence-corrected chi connectivity index (χ3v) is 5.41. The molecule has 20 heavy (non-hydrogen) atoms. The summed E-state index contributed by atoms with van der Waals surface area (Å²) in [6.07, 6.45) is 7.95. The summed E-state index contributed by atoms with van der Waals surface area (Å²) < 4.78 is 0. The Bertz CT molecular complexity index is 405. The van der Waals surface area contributed by atoms with Crippen LogP contribution in [-0.2, 0) is 6.42 Å². The minimum atomic E-state index is 0.678. The summed E-state index contributed by atoms with van der Waals surface area (Å²) >= 11 is 0. The normalized spacial score (nSPS) is 30.6. The van der Waals surface area contributed by atoms with Crippen molar-refractivity contribution in [3.05, 3.63) is 35.9 Å². The van der Waals surface area contributed by atoms with Gasteiger partial charge >= 0.3 is 0 Å². The molecular formula is C18H28N2. The summed E-state index contributed by atoms with van der Waals surface area (Å²) in [7, 11) is 2.34. The molecule has 2 fully saturated rings. The van der Waals surface area contributed by atoms with E-state index < -0.39 is 0 Å². The maximum Gasteiger partial charge on any atom is 0.0125 e. The van der Waals surface area contributed by atoms with Gasteiger partial charge in [0, 0.05) is 24.2 Å². The molecule has 1 aromatic rings. The van der Waals surface area contributed by atoms with Crippen LogP contribution >= 0.6 is 0 Å². The highest BCUT2D eigenvalue weighted by Gasteiger charge is 2.35. The second-order valence-electron chi connectivity index (χ2n) is 6.80. The fourth-order valence-electron chi connectivity index (χ4n) is 3.94. The third kappa shape index (κ3) is 3.24. The highest BCUT2D eigenvalue weighted by molar-refractivity contribution is 5.14. The molecule has 2 bridgehead atoms. The van der Waals surface area contributed by atoms with Crippen molar-refractivity contribution in [2.24, 2.45) is 0 Å². The largest absolute Gasteiger partial charge is 0.311 e. The smallest absolute Gasteiger partial charge is 0.0125 e. The fraction of sp³-hybridized carbons (Fsp3) is 0.667. The fourth-order valence-corrected chi connectivity index (χ4v) is 3.94. The summed E-state index contributed by atoms with van der Waals surface area (Å²) in [5.74, 6) is 0. The molecule has 3 atom stereocenters. The highest BCUT2D eigenvalue weighted by Crippen LogP contribution is 2.30. The molecule has 2 aliphatic heterocycles. The van der Waals surface area contributed by atoms with Gasteiger partial charge in [0.15, 0.2) is 0 Å². The van der Waals surface area contributed by atoms with E-state index in [4.69, 9.17) is 0 Å². The van der Waals surface area contributed by atoms with E-state index in [2.05, 4.69) is 54.5 Å². The van der Waals surface area contributed by atoms with Gasteiger partial charge < -0.3 is 10.2 Å². The lowest BCUT2D eigenvalue weighted by Gasteiger charge is -2.39. The van der Waals surface area contributed by atoms with Gasteiger partial charge in [-0.15, -0.1) is 0 Å². The second-order valence-corrected chi connectivity index (χ2v) is 6.80. The van der Waals surface area contributed by atoms with Gasteiger partial charge in [-0.2, -0.15) is 0 Å². The highest BCUT2D eigenvalue weighted by atomic mass is 15.2. The van der Waals surface area contributed by atoms with Crippen molar-refractivity contribution in [1.29, 1.82) is 0 Å². The van der Waals surface area contributed by atoms with Crippen molar-refractivity contribution >= 4 is 0 Å². The SMILES string of the molecule is CC(CCc1ccccc1)N(C)C1CC2CCC(C1)N2. The molecule has 110 valence electrons. The van der Waals surface area contributed by atoms with Crippen LogP contribution in [-0.4, -0.2) is 36.1 Å². The van der Waals surface area contributed by atoms with Crippen LogP contribution in [0.1, 0.15) is 44.6 Å². The van der Waals surface area contributed by atoms with Gasteiger partial charge in [0.25, 0.3) is 0 Å². The van der Waals surface area contributed by atoms with Crippen molar-refractivity contribution < 1.29 is 0 Å². The molecule has 0 radical (unpaired) electrons. The summed E-state index contributed by atoms with van der Waals surface area (Å²) in [5.41, 5.74) is 1.47. The lowest BCUT2D eigenvalue weighted by molar-refractivity contribution is 0.127. The van der Waals surface area contributed by atoms with Crippen molar-refractivity contribution in [1.82, 2.24) is 10.2 Å². The number of piperidine rings is 1. The zero-order chi connectivity index (χ0) is 13.9. The second kappa shape index (κ2) is 6.28. The van der Waals surface area contributed by atoms with E-state index in [1.807, 2.05) is 0 Å². The first-order valence-electron chi connectivity index (χ1n) is 8.24. The van der Waals surface area contributed by atoms with Gasteiger partial charge in [0.1, 0.15) is 0 Å². The van der Waals surface area contributed by atoms with E-state index in [1.54, 1.807) is 0 Å². The lowest BCUT2D eigenvalue weighted by atomic mass is 9.96. The first kappa shape index (κ1) is 14.1. The number of aryl methyl sites for hydroxylation is 1. The van der Waals surface area contributed by atoms with E-state index in [-0.39, 0.29) is 0 Å². The van der Waals surface area contributed by atoms with Crippen molar-refractivity contribution in [3.8, 4) is 0 Å². The van der Waals surface area contributed by atoms with Gasteiger partial charge in [-0.1, -0.05) is 30.3 Å². The van der Waals surface area contributed by atoms with Crippen LogP contribution in [0.2, 0.25) is 0 Å². The van der Waals surface area contributed by atoms with Crippen LogP contribution in [0.4, 0.5) is 0 Å². The van der Waals surface area contributed by atoms with Crippen molar-refractivity contribution in [2.45, 2.75) is 69.6 Å². The average Bonchev–Trinajstić information content (AvgIpc) is 2.83. The minimum Gasteiger partial charge on any atom is -0.311 e. The number of hydrogen-bond donors (Lipinski definition) is 1. The standard InChI is InChI=1S/C18H28N2/c1-14(8-9-15-6-4-3-5-7-15)20(2)18-12-16-10-11-17(13-18)19-16/h3-7,14,16-19H,8-13H2,1-2H3. The Balaban J connectivity index is 1.50. The predicted molar refractivity (Wildman–Crippen MR) is 85.0 cm³/mol. The predicted octanol–water partition coefficient (Wildman–Crippen LogP) is 3.22. The molecule has 0 aromatic heterocycles. The molecule has 1 N–H and O–H groups in total. The van der Waals surface area contributed by atoms with Gasteiger partial charge in [0.05, 0.1) is 0 Å². The number of rotatable bonds is 5. The van der Waals surface area contributed by atoms with Crippen LogP contribution in [0.3, 0.4) is 0 Å². The summed E-state index contributed by atoms with van der Waals surface area (Å²) in [4.78, 5) is 2.65. The molecule has 0 amide bonds. The zero-order valence-corrected chi connectivity index (χ0v) is 12.9. The van der Waals surface area contributed by atoms with Crippen LogP contribution in [0.5, 0.6) is 0 Å². The number of nitrogens with one attached hydrogen (secondary N) is 1. The topological polar surface area (TPSA) is 15.3 Å². The maximum absolute atomic E-state index is 3.75. The molecule has 0 spiro atoms. The van der Waals surface area contributed by atoms with Gasteiger partial charge in [-0.25, -0.2) is 0 Å². The molecule has 2 nitrogen and oxygen atoms in total. The molecule has 2 heterocycles. The van der Waals surface area contributed by atoms with Crippen LogP contribution in [0, 0.1) is 0 Å².